The van der Waals surface area contributed by atoms with Gasteiger partial charge in [-0.3, -0.25) is 4.79 Å². The summed E-state index contributed by atoms with van der Waals surface area (Å²) in [6.45, 7) is 4.47. The summed E-state index contributed by atoms with van der Waals surface area (Å²) in [5.74, 6) is -1.30. The van der Waals surface area contributed by atoms with Crippen molar-refractivity contribution in [3.8, 4) is 0 Å². The molecule has 0 saturated carbocycles. The van der Waals surface area contributed by atoms with E-state index in [1.54, 1.807) is 51.1 Å². The van der Waals surface area contributed by atoms with Gasteiger partial charge in [0.05, 0.1) is 0 Å². The number of halogens is 3. The Balaban J connectivity index is 2.12. The summed E-state index contributed by atoms with van der Waals surface area (Å²) in [5, 5.41) is 15.2. The number of nitrogens with zero attached hydrogens (tertiary/aromatic N) is 2. The average Bonchev–Trinajstić information content (AvgIpc) is 3.12. The highest BCUT2D eigenvalue weighted by atomic mass is 19.4. The number of amides is 2. The van der Waals surface area contributed by atoms with Crippen LogP contribution in [-0.2, 0) is 28.6 Å². The number of carbonyl (C=O) groups excluding carboxylic acids is 2. The highest BCUT2D eigenvalue weighted by Gasteiger charge is 2.57. The molecule has 0 saturated heterocycles. The lowest BCUT2D eigenvalue weighted by molar-refractivity contribution is -0.272. The molecule has 2 unspecified atom stereocenters. The molecule has 2 rings (SSSR count). The van der Waals surface area contributed by atoms with E-state index in [4.69, 9.17) is 4.74 Å². The molecule has 11 heteroatoms. The summed E-state index contributed by atoms with van der Waals surface area (Å²) < 4.78 is 47.2. The first-order chi connectivity index (χ1) is 15.2. The van der Waals surface area contributed by atoms with Crippen LogP contribution in [0.5, 0.6) is 0 Å². The standard InChI is InChI=1S/C22H29F3N4O4/c1-20(2,3)33-19(31)28-16(14-15-8-6-5-7-9-15)17(30)26-11-10-21(32,22(23,24)25)18-27-12-13-29(18)4/h5-9,12-13,16,32H,10-11,14H2,1-4H3,(H,26,30)(H,28,31). The largest absolute Gasteiger partial charge is 0.444 e. The van der Waals surface area contributed by atoms with Crippen molar-refractivity contribution in [3.63, 3.8) is 0 Å². The number of imidazole rings is 1. The van der Waals surface area contributed by atoms with Gasteiger partial charge in [-0.05, 0) is 26.3 Å². The molecular formula is C22H29F3N4O4. The van der Waals surface area contributed by atoms with Gasteiger partial charge >= 0.3 is 12.3 Å². The first kappa shape index (κ1) is 26.2. The zero-order valence-corrected chi connectivity index (χ0v) is 18.9. The molecule has 2 atom stereocenters. The molecule has 0 fully saturated rings. The third kappa shape index (κ3) is 7.21. The Bertz CT molecular complexity index is 941. The zero-order chi connectivity index (χ0) is 24.9. The Kier molecular flexibility index (Phi) is 8.12. The highest BCUT2D eigenvalue weighted by Crippen LogP contribution is 2.40. The second kappa shape index (κ2) is 10.2. The maximum Gasteiger partial charge on any atom is 0.424 e. The fourth-order valence-electron chi connectivity index (χ4n) is 3.14. The smallest absolute Gasteiger partial charge is 0.424 e. The Morgan fingerprint density at radius 3 is 2.33 bits per heavy atom. The molecule has 0 aliphatic rings. The Labute approximate surface area is 190 Å². The van der Waals surface area contributed by atoms with Gasteiger partial charge in [-0.2, -0.15) is 13.2 Å². The molecule has 182 valence electrons. The van der Waals surface area contributed by atoms with Crippen LogP contribution in [0.3, 0.4) is 0 Å². The van der Waals surface area contributed by atoms with E-state index in [-0.39, 0.29) is 6.42 Å². The third-order valence-electron chi connectivity index (χ3n) is 4.74. The molecule has 3 N–H and O–H groups in total. The van der Waals surface area contributed by atoms with Gasteiger partial charge in [0.1, 0.15) is 17.5 Å². The number of aliphatic hydroxyl groups is 1. The SMILES string of the molecule is Cn1ccnc1C(O)(CCNC(=O)C(Cc1ccccc1)NC(=O)OC(C)(C)C)C(F)(F)F. The molecule has 8 nitrogen and oxygen atoms in total. The lowest BCUT2D eigenvalue weighted by Gasteiger charge is -2.30. The minimum atomic E-state index is -5.02. The van der Waals surface area contributed by atoms with Gasteiger partial charge in [-0.25, -0.2) is 9.78 Å². The van der Waals surface area contributed by atoms with E-state index in [0.29, 0.717) is 0 Å². The fraction of sp³-hybridized carbons (Fsp3) is 0.500. The van der Waals surface area contributed by atoms with Gasteiger partial charge in [0.2, 0.25) is 11.5 Å². The molecule has 0 bridgehead atoms. The van der Waals surface area contributed by atoms with Crippen molar-refractivity contribution in [3.05, 3.63) is 54.1 Å². The van der Waals surface area contributed by atoms with E-state index in [9.17, 15) is 27.9 Å². The van der Waals surface area contributed by atoms with E-state index < -0.39 is 54.2 Å². The number of aryl methyl sites for hydroxylation is 1. The lowest BCUT2D eigenvalue weighted by Crippen LogP contribution is -2.51. The number of nitrogens with one attached hydrogen (secondary N) is 2. The van der Waals surface area contributed by atoms with Crippen molar-refractivity contribution >= 4 is 12.0 Å². The predicted octanol–water partition coefficient (Wildman–Crippen LogP) is 2.81. The van der Waals surface area contributed by atoms with Gasteiger partial charge < -0.3 is 25.0 Å². The topological polar surface area (TPSA) is 105 Å². The van der Waals surface area contributed by atoms with E-state index >= 15 is 0 Å². The number of benzene rings is 1. The van der Waals surface area contributed by atoms with Crippen molar-refractivity contribution in [2.75, 3.05) is 6.54 Å². The normalized spacial score (nSPS) is 14.8. The van der Waals surface area contributed by atoms with Gasteiger partial charge in [0.25, 0.3) is 0 Å². The summed E-state index contributed by atoms with van der Waals surface area (Å²) in [5.41, 5.74) is -3.33. The number of rotatable bonds is 8. The highest BCUT2D eigenvalue weighted by molar-refractivity contribution is 5.86. The van der Waals surface area contributed by atoms with Crippen LogP contribution in [0.15, 0.2) is 42.7 Å². The molecule has 2 aromatic rings. The van der Waals surface area contributed by atoms with Crippen molar-refractivity contribution in [1.29, 1.82) is 0 Å². The second-order valence-electron chi connectivity index (χ2n) is 8.65. The fourth-order valence-corrected chi connectivity index (χ4v) is 3.14. The lowest BCUT2D eigenvalue weighted by atomic mass is 9.97. The van der Waals surface area contributed by atoms with Crippen molar-refractivity contribution in [2.24, 2.45) is 7.05 Å². The van der Waals surface area contributed by atoms with Crippen molar-refractivity contribution in [2.45, 2.75) is 57.0 Å². The van der Waals surface area contributed by atoms with E-state index in [0.717, 1.165) is 16.3 Å². The van der Waals surface area contributed by atoms with E-state index in [1.165, 1.54) is 13.2 Å². The number of ether oxygens (including phenoxy) is 1. The number of hydrogen-bond donors (Lipinski definition) is 3. The quantitative estimate of drug-likeness (QED) is 0.550. The first-order valence-corrected chi connectivity index (χ1v) is 10.3. The van der Waals surface area contributed by atoms with Crippen LogP contribution in [0.2, 0.25) is 0 Å². The van der Waals surface area contributed by atoms with Gasteiger partial charge in [0.15, 0.2) is 0 Å². The summed E-state index contributed by atoms with van der Waals surface area (Å²) in [6.07, 6.45) is -4.20. The Hall–Kier alpha value is -3.08. The first-order valence-electron chi connectivity index (χ1n) is 10.3. The Morgan fingerprint density at radius 2 is 1.82 bits per heavy atom. The number of aromatic nitrogens is 2. The minimum absolute atomic E-state index is 0.0921. The van der Waals surface area contributed by atoms with Crippen LogP contribution in [0.25, 0.3) is 0 Å². The Morgan fingerprint density at radius 1 is 1.18 bits per heavy atom. The monoisotopic (exact) mass is 470 g/mol. The molecule has 1 aromatic heterocycles. The molecular weight excluding hydrogens is 441 g/mol. The number of alkyl carbamates (subject to hydrolysis) is 1. The molecule has 0 aliphatic heterocycles. The number of carbonyl (C=O) groups is 2. The summed E-state index contributed by atoms with van der Waals surface area (Å²) in [4.78, 5) is 28.6. The van der Waals surface area contributed by atoms with E-state index in [2.05, 4.69) is 15.6 Å². The van der Waals surface area contributed by atoms with Gasteiger partial charge in [0, 0.05) is 38.8 Å². The molecule has 0 radical (unpaired) electrons. The molecule has 2 amide bonds. The van der Waals surface area contributed by atoms with Crippen LogP contribution in [0, 0.1) is 0 Å². The second-order valence-corrected chi connectivity index (χ2v) is 8.65. The van der Waals surface area contributed by atoms with Crippen LogP contribution >= 0.6 is 0 Å². The maximum atomic E-state index is 13.7. The predicted molar refractivity (Wildman–Crippen MR) is 114 cm³/mol. The average molecular weight is 470 g/mol. The zero-order valence-electron chi connectivity index (χ0n) is 18.9. The molecule has 1 aromatic carbocycles. The maximum absolute atomic E-state index is 13.7. The molecule has 33 heavy (non-hydrogen) atoms. The summed E-state index contributed by atoms with van der Waals surface area (Å²) in [6, 6.07) is 7.70. The molecule has 0 aliphatic carbocycles. The van der Waals surface area contributed by atoms with Crippen LogP contribution < -0.4 is 10.6 Å². The minimum Gasteiger partial charge on any atom is -0.444 e. The number of alkyl halides is 3. The third-order valence-corrected chi connectivity index (χ3v) is 4.74. The van der Waals surface area contributed by atoms with Crippen molar-refractivity contribution in [1.82, 2.24) is 20.2 Å². The van der Waals surface area contributed by atoms with Crippen LogP contribution in [-0.4, -0.2) is 51.0 Å². The number of hydrogen-bond acceptors (Lipinski definition) is 5. The van der Waals surface area contributed by atoms with E-state index in [1.807, 2.05) is 0 Å². The summed E-state index contributed by atoms with van der Waals surface area (Å²) in [7, 11) is 1.33. The summed E-state index contributed by atoms with van der Waals surface area (Å²) >= 11 is 0. The van der Waals surface area contributed by atoms with Crippen molar-refractivity contribution < 1.29 is 32.6 Å². The van der Waals surface area contributed by atoms with Gasteiger partial charge in [-0.1, -0.05) is 30.3 Å². The molecule has 0 spiro atoms. The van der Waals surface area contributed by atoms with Gasteiger partial charge in [-0.15, -0.1) is 0 Å². The van der Waals surface area contributed by atoms with Crippen LogP contribution in [0.4, 0.5) is 18.0 Å². The molecule has 1 heterocycles. The van der Waals surface area contributed by atoms with Crippen LogP contribution in [0.1, 0.15) is 38.6 Å².